The van der Waals surface area contributed by atoms with Crippen molar-refractivity contribution >= 4 is 27.7 Å². The summed E-state index contributed by atoms with van der Waals surface area (Å²) in [4.78, 5) is 4.13. The molecule has 6 nitrogen and oxygen atoms in total. The molecule has 10 heteroatoms. The van der Waals surface area contributed by atoms with Crippen LogP contribution in [0.3, 0.4) is 0 Å². The van der Waals surface area contributed by atoms with E-state index in [4.69, 9.17) is 8.92 Å². The Morgan fingerprint density at radius 1 is 1.13 bits per heavy atom. The van der Waals surface area contributed by atoms with Crippen molar-refractivity contribution in [2.45, 2.75) is 25.6 Å². The lowest BCUT2D eigenvalue weighted by atomic mass is 10.1. The second kappa shape index (κ2) is 9.88. The number of hydrogen-bond acceptors (Lipinski definition) is 5. The number of ether oxygens (including phenoxy) is 1. The molecule has 3 rings (SSSR count). The number of fused-ring (bicyclic) bond motifs is 1. The van der Waals surface area contributed by atoms with E-state index in [-0.39, 0.29) is 19.6 Å². The minimum absolute atomic E-state index is 0.0511. The van der Waals surface area contributed by atoms with Crippen molar-refractivity contribution in [3.63, 3.8) is 0 Å². The molecule has 0 amide bonds. The molecule has 1 aromatic heterocycles. The Hall–Kier alpha value is -2.69. The number of pyridine rings is 1. The fourth-order valence-corrected chi connectivity index (χ4v) is 3.28. The molecule has 1 atom stereocenters. The van der Waals surface area contributed by atoms with Gasteiger partial charge in [0.25, 0.3) is 11.3 Å². The second-order valence-electron chi connectivity index (χ2n) is 6.33. The van der Waals surface area contributed by atoms with E-state index in [1.165, 1.54) is 6.20 Å². The number of halogens is 3. The predicted molar refractivity (Wildman–Crippen MR) is 107 cm³/mol. The van der Waals surface area contributed by atoms with Gasteiger partial charge < -0.3 is 9.84 Å². The highest BCUT2D eigenvalue weighted by Crippen LogP contribution is 2.30. The number of nitrogens with zero attached hydrogens (tertiary/aromatic N) is 1. The maximum Gasteiger partial charge on any atom is 0.389 e. The van der Waals surface area contributed by atoms with Crippen molar-refractivity contribution in [2.75, 3.05) is 11.3 Å². The summed E-state index contributed by atoms with van der Waals surface area (Å²) in [7, 11) is 0. The van der Waals surface area contributed by atoms with Gasteiger partial charge in [-0.2, -0.15) is 13.2 Å². The first-order valence-corrected chi connectivity index (χ1v) is 10.1. The van der Waals surface area contributed by atoms with E-state index in [2.05, 4.69) is 9.71 Å². The van der Waals surface area contributed by atoms with E-state index in [0.29, 0.717) is 17.3 Å². The summed E-state index contributed by atoms with van der Waals surface area (Å²) < 4.78 is 61.1. The van der Waals surface area contributed by atoms with Crippen molar-refractivity contribution in [3.05, 3.63) is 60.3 Å². The number of benzene rings is 2. The lowest BCUT2D eigenvalue weighted by Crippen LogP contribution is -2.12. The van der Waals surface area contributed by atoms with Crippen molar-refractivity contribution in [1.29, 1.82) is 0 Å². The number of hydrogen-bond donors (Lipinski definition) is 2. The van der Waals surface area contributed by atoms with Gasteiger partial charge in [0.05, 0.1) is 25.1 Å². The highest BCUT2D eigenvalue weighted by Gasteiger charge is 2.26. The van der Waals surface area contributed by atoms with Gasteiger partial charge in [0, 0.05) is 17.9 Å². The van der Waals surface area contributed by atoms with Crippen LogP contribution in [0.4, 0.5) is 18.9 Å². The standard InChI is InChI=1S/C20H19F3N2O4S/c21-20(22,23)9-2-10-28-30(27)25-16-6-8-19(24-12-16)29-18-4-1-3-15-11-14(13-26)5-7-17(15)18/h1,3-8,11-12,25-26H,2,9-10,13H2. The van der Waals surface area contributed by atoms with E-state index in [1.807, 2.05) is 24.3 Å². The third-order valence-corrected chi connectivity index (χ3v) is 4.82. The Morgan fingerprint density at radius 2 is 1.97 bits per heavy atom. The van der Waals surface area contributed by atoms with E-state index >= 15 is 0 Å². The third kappa shape index (κ3) is 6.41. The van der Waals surface area contributed by atoms with E-state index < -0.39 is 23.9 Å². The summed E-state index contributed by atoms with van der Waals surface area (Å²) in [6.07, 6.45) is -4.15. The molecule has 0 aliphatic rings. The quantitative estimate of drug-likeness (QED) is 0.464. The van der Waals surface area contributed by atoms with Gasteiger partial charge in [-0.25, -0.2) is 9.19 Å². The van der Waals surface area contributed by atoms with Crippen molar-refractivity contribution in [3.8, 4) is 11.6 Å². The number of aliphatic hydroxyl groups excluding tert-OH is 1. The van der Waals surface area contributed by atoms with Gasteiger partial charge in [-0.1, -0.05) is 24.3 Å². The highest BCUT2D eigenvalue weighted by atomic mass is 32.2. The zero-order valence-electron chi connectivity index (χ0n) is 15.7. The molecule has 0 spiro atoms. The van der Waals surface area contributed by atoms with E-state index in [9.17, 15) is 22.5 Å². The van der Waals surface area contributed by atoms with Gasteiger partial charge in [0.2, 0.25) is 5.88 Å². The fourth-order valence-electron chi connectivity index (χ4n) is 2.64. The first-order valence-electron chi connectivity index (χ1n) is 8.99. The number of rotatable bonds is 9. The molecular formula is C20H19F3N2O4S. The fraction of sp³-hybridized carbons (Fsp3) is 0.250. The Morgan fingerprint density at radius 3 is 2.67 bits per heavy atom. The SMILES string of the molecule is O=S(Nc1ccc(Oc2cccc3cc(CO)ccc23)nc1)OCCCC(F)(F)F. The average molecular weight is 440 g/mol. The number of aromatic nitrogens is 1. The predicted octanol–water partition coefficient (Wildman–Crippen LogP) is 4.87. The topological polar surface area (TPSA) is 80.7 Å². The van der Waals surface area contributed by atoms with Crippen LogP contribution in [-0.2, 0) is 22.1 Å². The van der Waals surface area contributed by atoms with Crippen LogP contribution in [0.5, 0.6) is 11.6 Å². The van der Waals surface area contributed by atoms with Gasteiger partial charge in [0.1, 0.15) is 5.75 Å². The smallest absolute Gasteiger partial charge is 0.389 e. The number of alkyl halides is 3. The van der Waals surface area contributed by atoms with Crippen LogP contribution in [0.1, 0.15) is 18.4 Å². The summed E-state index contributed by atoms with van der Waals surface area (Å²) in [5, 5.41) is 11.0. The minimum atomic E-state index is -4.26. The Kier molecular flexibility index (Phi) is 7.24. The normalized spacial score (nSPS) is 12.7. The molecule has 0 aliphatic heterocycles. The monoisotopic (exact) mass is 440 g/mol. The molecule has 0 saturated carbocycles. The van der Waals surface area contributed by atoms with Gasteiger partial charge in [0.15, 0.2) is 0 Å². The van der Waals surface area contributed by atoms with Gasteiger partial charge in [-0.05, 0) is 35.6 Å². The Balaban J connectivity index is 1.57. The van der Waals surface area contributed by atoms with Crippen molar-refractivity contribution in [1.82, 2.24) is 4.98 Å². The molecule has 30 heavy (non-hydrogen) atoms. The minimum Gasteiger partial charge on any atom is -0.438 e. The molecule has 0 aliphatic carbocycles. The van der Waals surface area contributed by atoms with Crippen molar-refractivity contribution in [2.24, 2.45) is 0 Å². The molecule has 1 unspecified atom stereocenters. The molecule has 0 bridgehead atoms. The van der Waals surface area contributed by atoms with Crippen LogP contribution in [0.15, 0.2) is 54.7 Å². The van der Waals surface area contributed by atoms with Crippen molar-refractivity contribution < 1.29 is 31.4 Å². The van der Waals surface area contributed by atoms with Gasteiger partial charge in [-0.15, -0.1) is 0 Å². The summed E-state index contributed by atoms with van der Waals surface area (Å²) in [6.45, 7) is -0.336. The van der Waals surface area contributed by atoms with E-state index in [1.54, 1.807) is 24.3 Å². The maximum atomic E-state index is 12.1. The summed E-state index contributed by atoms with van der Waals surface area (Å²) in [6, 6.07) is 14.2. The average Bonchev–Trinajstić information content (AvgIpc) is 2.72. The molecule has 2 N–H and O–H groups in total. The molecule has 2 aromatic carbocycles. The molecule has 1 heterocycles. The van der Waals surface area contributed by atoms with Crippen LogP contribution in [0, 0.1) is 0 Å². The lowest BCUT2D eigenvalue weighted by Gasteiger charge is -2.10. The zero-order chi connectivity index (χ0) is 21.6. The molecule has 0 radical (unpaired) electrons. The molecule has 0 saturated heterocycles. The lowest BCUT2D eigenvalue weighted by molar-refractivity contribution is -0.136. The largest absolute Gasteiger partial charge is 0.438 e. The summed E-state index contributed by atoms with van der Waals surface area (Å²) in [5.74, 6) is 0.887. The Bertz CT molecular complexity index is 1010. The summed E-state index contributed by atoms with van der Waals surface area (Å²) >= 11 is -1.98. The number of nitrogens with one attached hydrogen (secondary N) is 1. The Labute approximate surface area is 173 Å². The van der Waals surface area contributed by atoms with Crippen LogP contribution < -0.4 is 9.46 Å². The first-order chi connectivity index (χ1) is 14.3. The molecular weight excluding hydrogens is 421 g/mol. The highest BCUT2D eigenvalue weighted by molar-refractivity contribution is 7.81. The molecule has 0 fully saturated rings. The van der Waals surface area contributed by atoms with E-state index in [0.717, 1.165) is 16.3 Å². The van der Waals surface area contributed by atoms with Gasteiger partial charge >= 0.3 is 6.18 Å². The van der Waals surface area contributed by atoms with Crippen LogP contribution in [0.25, 0.3) is 10.8 Å². The third-order valence-electron chi connectivity index (χ3n) is 4.03. The van der Waals surface area contributed by atoms with Gasteiger partial charge in [-0.3, -0.25) is 8.91 Å². The number of aliphatic hydroxyl groups is 1. The zero-order valence-corrected chi connectivity index (χ0v) is 16.5. The molecule has 160 valence electrons. The van der Waals surface area contributed by atoms with Crippen LogP contribution in [0.2, 0.25) is 0 Å². The van der Waals surface area contributed by atoms with Crippen LogP contribution >= 0.6 is 0 Å². The first kappa shape index (κ1) is 22.0. The van der Waals surface area contributed by atoms with Crippen LogP contribution in [-0.4, -0.2) is 27.1 Å². The second-order valence-corrected chi connectivity index (χ2v) is 7.24. The maximum absolute atomic E-state index is 12.1. The molecule has 3 aromatic rings. The summed E-state index contributed by atoms with van der Waals surface area (Å²) in [5.41, 5.74) is 1.16. The number of anilines is 1.